The van der Waals surface area contributed by atoms with E-state index in [1.807, 2.05) is 77.1 Å². The molecule has 2 heterocycles. The molecule has 1 fully saturated rings. The van der Waals surface area contributed by atoms with Crippen LogP contribution < -0.4 is 10.5 Å². The van der Waals surface area contributed by atoms with Gasteiger partial charge in [-0.05, 0) is 46.8 Å². The molecule has 1 aliphatic heterocycles. The van der Waals surface area contributed by atoms with Crippen molar-refractivity contribution in [1.29, 1.82) is 5.26 Å². The zero-order valence-electron chi connectivity index (χ0n) is 22.5. The van der Waals surface area contributed by atoms with Gasteiger partial charge in [0, 0.05) is 48.3 Å². The lowest BCUT2D eigenvalue weighted by Gasteiger charge is -2.33. The molecule has 3 aromatic carbocycles. The molecular weight excluding hydrogens is 478 g/mol. The Balaban J connectivity index is 1.48. The van der Waals surface area contributed by atoms with Crippen LogP contribution >= 0.6 is 0 Å². The van der Waals surface area contributed by atoms with Gasteiger partial charge in [-0.1, -0.05) is 24.3 Å². The molecule has 5 rings (SSSR count). The van der Waals surface area contributed by atoms with Crippen LogP contribution in [0, 0.1) is 25.2 Å². The molecule has 0 unspecified atom stereocenters. The van der Waals surface area contributed by atoms with Crippen LogP contribution in [0.15, 0.2) is 42.5 Å². The van der Waals surface area contributed by atoms with Crippen molar-refractivity contribution in [3.05, 3.63) is 59.4 Å². The molecule has 0 radical (unpaired) electrons. The van der Waals surface area contributed by atoms with Crippen molar-refractivity contribution in [1.82, 2.24) is 14.5 Å². The molecule has 0 spiro atoms. The SMILES string of the molecule is Cc1c(N)c(OC2CCN(C(=O)OC(C)(C)C)CC2)cc2c1nc(C)n2-c1ccc(C#N)c2ccccc12. The number of anilines is 1. The van der Waals surface area contributed by atoms with Gasteiger partial charge >= 0.3 is 6.09 Å². The standard InChI is InChI=1S/C30H33N5O3/c1-18-27(32)26(37-21-12-14-34(15-13-21)29(36)38-30(3,4)5)16-25-28(18)33-19(2)35(25)24-11-10-20(17-31)22-8-6-7-9-23(22)24/h6-11,16,21H,12-15,32H2,1-5H3. The van der Waals surface area contributed by atoms with Crippen LogP contribution in [0.1, 0.15) is 50.6 Å². The molecule has 0 atom stereocenters. The van der Waals surface area contributed by atoms with Crippen LogP contribution in [0.2, 0.25) is 0 Å². The molecule has 4 aromatic rings. The molecule has 2 N–H and O–H groups in total. The number of nitriles is 1. The first-order valence-electron chi connectivity index (χ1n) is 12.9. The van der Waals surface area contributed by atoms with E-state index in [1.54, 1.807) is 4.90 Å². The van der Waals surface area contributed by atoms with Crippen molar-refractivity contribution in [2.75, 3.05) is 18.8 Å². The molecule has 38 heavy (non-hydrogen) atoms. The van der Waals surface area contributed by atoms with Gasteiger partial charge in [0.2, 0.25) is 0 Å². The summed E-state index contributed by atoms with van der Waals surface area (Å²) in [6.45, 7) is 10.7. The Bertz CT molecular complexity index is 1580. The molecule has 0 aliphatic carbocycles. The highest BCUT2D eigenvalue weighted by atomic mass is 16.6. The second kappa shape index (κ2) is 9.56. The maximum atomic E-state index is 12.4. The number of carbonyl (C=O) groups is 1. The highest BCUT2D eigenvalue weighted by Crippen LogP contribution is 2.37. The number of likely N-dealkylation sites (tertiary alicyclic amines) is 1. The van der Waals surface area contributed by atoms with E-state index in [0.717, 1.165) is 38.9 Å². The van der Waals surface area contributed by atoms with Crippen LogP contribution in [-0.4, -0.2) is 45.3 Å². The number of piperidine rings is 1. The number of aryl methyl sites for hydroxylation is 2. The summed E-state index contributed by atoms with van der Waals surface area (Å²) in [5, 5.41) is 11.5. The van der Waals surface area contributed by atoms with Crippen molar-refractivity contribution in [2.45, 2.75) is 59.2 Å². The number of nitrogens with two attached hydrogens (primary N) is 1. The maximum Gasteiger partial charge on any atom is 0.410 e. The largest absolute Gasteiger partial charge is 0.488 e. The number of hydrogen-bond donors (Lipinski definition) is 1. The summed E-state index contributed by atoms with van der Waals surface area (Å²) in [5.74, 6) is 1.44. The molecular formula is C30H33N5O3. The Hall–Kier alpha value is -4.25. The molecule has 0 saturated carbocycles. The van der Waals surface area contributed by atoms with Crippen molar-refractivity contribution in [3.8, 4) is 17.5 Å². The Kier molecular flexibility index (Phi) is 6.39. The summed E-state index contributed by atoms with van der Waals surface area (Å²) in [7, 11) is 0. The van der Waals surface area contributed by atoms with E-state index in [0.29, 0.717) is 42.9 Å². The highest BCUT2D eigenvalue weighted by molar-refractivity contribution is 5.97. The molecule has 1 amide bonds. The Morgan fingerprint density at radius 3 is 2.45 bits per heavy atom. The molecule has 8 heteroatoms. The summed E-state index contributed by atoms with van der Waals surface area (Å²) < 4.78 is 14.1. The van der Waals surface area contributed by atoms with E-state index in [-0.39, 0.29) is 12.2 Å². The average Bonchev–Trinajstić information content (AvgIpc) is 3.21. The Labute approximate surface area is 222 Å². The summed E-state index contributed by atoms with van der Waals surface area (Å²) in [5.41, 5.74) is 10.7. The summed E-state index contributed by atoms with van der Waals surface area (Å²) in [6.07, 6.45) is 1.02. The minimum Gasteiger partial charge on any atom is -0.488 e. The quantitative estimate of drug-likeness (QED) is 0.337. The topological polar surface area (TPSA) is 106 Å². The van der Waals surface area contributed by atoms with Crippen LogP contribution in [0.5, 0.6) is 5.75 Å². The lowest BCUT2D eigenvalue weighted by atomic mass is 10.0. The molecule has 196 valence electrons. The van der Waals surface area contributed by atoms with Gasteiger partial charge in [0.15, 0.2) is 0 Å². The fourth-order valence-electron chi connectivity index (χ4n) is 5.11. The predicted octanol–water partition coefficient (Wildman–Crippen LogP) is 6.03. The fraction of sp³-hybridized carbons (Fsp3) is 0.367. The lowest BCUT2D eigenvalue weighted by Crippen LogP contribution is -2.44. The van der Waals surface area contributed by atoms with E-state index in [1.165, 1.54) is 0 Å². The van der Waals surface area contributed by atoms with Gasteiger partial charge < -0.3 is 20.1 Å². The second-order valence-corrected chi connectivity index (χ2v) is 10.8. The summed E-state index contributed by atoms with van der Waals surface area (Å²) in [6, 6.07) is 16.0. The number of carbonyl (C=O) groups excluding carboxylic acids is 1. The first kappa shape index (κ1) is 25.4. The second-order valence-electron chi connectivity index (χ2n) is 10.8. The van der Waals surface area contributed by atoms with Crippen LogP contribution in [0.3, 0.4) is 0 Å². The third-order valence-corrected chi connectivity index (χ3v) is 7.02. The zero-order chi connectivity index (χ0) is 27.2. The number of nitrogen functional groups attached to an aromatic ring is 1. The normalized spacial score (nSPS) is 14.6. The summed E-state index contributed by atoms with van der Waals surface area (Å²) >= 11 is 0. The number of amides is 1. The van der Waals surface area contributed by atoms with Gasteiger partial charge in [0.25, 0.3) is 0 Å². The molecule has 0 bridgehead atoms. The van der Waals surface area contributed by atoms with Crippen LogP contribution in [0.25, 0.3) is 27.5 Å². The lowest BCUT2D eigenvalue weighted by molar-refractivity contribution is 0.0127. The van der Waals surface area contributed by atoms with Gasteiger partial charge in [0.1, 0.15) is 23.3 Å². The smallest absolute Gasteiger partial charge is 0.410 e. The number of imidazole rings is 1. The van der Waals surface area contributed by atoms with E-state index in [4.69, 9.17) is 20.2 Å². The number of benzene rings is 3. The number of nitrogens with zero attached hydrogens (tertiary/aromatic N) is 4. The highest BCUT2D eigenvalue weighted by Gasteiger charge is 2.28. The van der Waals surface area contributed by atoms with Gasteiger partial charge in [-0.3, -0.25) is 4.57 Å². The van der Waals surface area contributed by atoms with Gasteiger partial charge in [0.05, 0.1) is 34.0 Å². The molecule has 1 aliphatic rings. The van der Waals surface area contributed by atoms with Crippen LogP contribution in [-0.2, 0) is 4.74 Å². The van der Waals surface area contributed by atoms with E-state index < -0.39 is 5.60 Å². The number of rotatable bonds is 3. The van der Waals surface area contributed by atoms with E-state index in [2.05, 4.69) is 10.6 Å². The predicted molar refractivity (Wildman–Crippen MR) is 149 cm³/mol. The average molecular weight is 512 g/mol. The Morgan fingerprint density at radius 2 is 1.79 bits per heavy atom. The number of aromatic nitrogens is 2. The first-order valence-corrected chi connectivity index (χ1v) is 12.9. The van der Waals surface area contributed by atoms with E-state index in [9.17, 15) is 10.1 Å². The molecule has 1 aromatic heterocycles. The third-order valence-electron chi connectivity index (χ3n) is 7.02. The van der Waals surface area contributed by atoms with Gasteiger partial charge in [-0.25, -0.2) is 9.78 Å². The van der Waals surface area contributed by atoms with Crippen molar-refractivity contribution in [2.24, 2.45) is 0 Å². The number of fused-ring (bicyclic) bond motifs is 2. The van der Waals surface area contributed by atoms with Crippen molar-refractivity contribution in [3.63, 3.8) is 0 Å². The van der Waals surface area contributed by atoms with Crippen LogP contribution in [0.4, 0.5) is 10.5 Å². The third kappa shape index (κ3) is 4.60. The maximum absolute atomic E-state index is 12.4. The monoisotopic (exact) mass is 511 g/mol. The van der Waals surface area contributed by atoms with Crippen molar-refractivity contribution < 1.29 is 14.3 Å². The number of hydrogen-bond acceptors (Lipinski definition) is 6. The minimum absolute atomic E-state index is 0.0685. The Morgan fingerprint density at radius 1 is 1.11 bits per heavy atom. The van der Waals surface area contributed by atoms with Gasteiger partial charge in [-0.15, -0.1) is 0 Å². The minimum atomic E-state index is -0.521. The summed E-state index contributed by atoms with van der Waals surface area (Å²) in [4.78, 5) is 19.0. The van der Waals surface area contributed by atoms with Crippen molar-refractivity contribution >= 4 is 33.6 Å². The first-order chi connectivity index (χ1) is 18.1. The van der Waals surface area contributed by atoms with E-state index >= 15 is 0 Å². The van der Waals surface area contributed by atoms with Gasteiger partial charge in [-0.2, -0.15) is 5.26 Å². The fourth-order valence-corrected chi connectivity index (χ4v) is 5.11. The molecule has 8 nitrogen and oxygen atoms in total. The zero-order valence-corrected chi connectivity index (χ0v) is 22.5. The molecule has 1 saturated heterocycles. The number of ether oxygens (including phenoxy) is 2.